The van der Waals surface area contributed by atoms with E-state index in [0.717, 1.165) is 16.5 Å². The minimum atomic E-state index is -0.0174. The van der Waals surface area contributed by atoms with Crippen LogP contribution in [0.3, 0.4) is 0 Å². The van der Waals surface area contributed by atoms with Crippen molar-refractivity contribution >= 4 is 10.9 Å². The van der Waals surface area contributed by atoms with E-state index in [1.807, 2.05) is 6.07 Å². The number of aryl methyl sites for hydroxylation is 1. The summed E-state index contributed by atoms with van der Waals surface area (Å²) in [5, 5.41) is 9.71. The maximum absolute atomic E-state index is 5.26. The van der Waals surface area contributed by atoms with E-state index in [-0.39, 0.29) is 5.41 Å². The molecule has 0 saturated heterocycles. The smallest absolute Gasteiger partial charge is 0.233 e. The summed E-state index contributed by atoms with van der Waals surface area (Å²) in [6, 6.07) is 21.8. The zero-order chi connectivity index (χ0) is 19.5. The zero-order valence-corrected chi connectivity index (χ0v) is 16.6. The number of nitrogens with zero attached hydrogens (tertiary/aromatic N) is 2. The van der Waals surface area contributed by atoms with Crippen LogP contribution < -0.4 is 4.74 Å². The van der Waals surface area contributed by atoms with E-state index >= 15 is 0 Å². The first kappa shape index (κ1) is 16.9. The summed E-state index contributed by atoms with van der Waals surface area (Å²) in [5.74, 6) is 0.537. The molecule has 28 heavy (non-hydrogen) atoms. The Morgan fingerprint density at radius 2 is 1.57 bits per heavy atom. The van der Waals surface area contributed by atoms with Gasteiger partial charge in [0, 0.05) is 22.4 Å². The standard InChI is InChI=1S/C25H22N2O/c1-15-11-17-14-23(28-4)26-27-24(17)20(12-15)16-9-10-19-18-7-5-6-8-21(18)25(2,3)22(19)13-16/h5-14H,1-4H3. The predicted octanol–water partition coefficient (Wildman–Crippen LogP) is 5.92. The van der Waals surface area contributed by atoms with Crippen LogP contribution in [0.5, 0.6) is 5.88 Å². The van der Waals surface area contributed by atoms with Gasteiger partial charge in [-0.05, 0) is 58.5 Å². The summed E-state index contributed by atoms with van der Waals surface area (Å²) in [6.45, 7) is 6.73. The lowest BCUT2D eigenvalue weighted by Gasteiger charge is -2.22. The topological polar surface area (TPSA) is 35.0 Å². The van der Waals surface area contributed by atoms with Gasteiger partial charge in [0.25, 0.3) is 0 Å². The molecular weight excluding hydrogens is 344 g/mol. The number of ether oxygens (including phenoxy) is 1. The fourth-order valence-corrected chi connectivity index (χ4v) is 4.48. The summed E-state index contributed by atoms with van der Waals surface area (Å²) in [5.41, 5.74) is 9.79. The van der Waals surface area contributed by atoms with E-state index in [0.29, 0.717) is 5.88 Å². The van der Waals surface area contributed by atoms with Crippen LogP contribution in [-0.4, -0.2) is 17.3 Å². The number of fused-ring (bicyclic) bond motifs is 4. The third-order valence-corrected chi connectivity index (χ3v) is 5.91. The molecule has 1 heterocycles. The second-order valence-corrected chi connectivity index (χ2v) is 8.07. The van der Waals surface area contributed by atoms with E-state index in [2.05, 4.69) is 85.6 Å². The quantitative estimate of drug-likeness (QED) is 0.442. The Labute approximate surface area is 165 Å². The molecule has 4 aromatic rings. The molecule has 0 bridgehead atoms. The molecule has 3 heteroatoms. The lowest BCUT2D eigenvalue weighted by atomic mass is 9.81. The van der Waals surface area contributed by atoms with E-state index in [1.54, 1.807) is 7.11 Å². The summed E-state index contributed by atoms with van der Waals surface area (Å²) in [6.07, 6.45) is 0. The van der Waals surface area contributed by atoms with E-state index in [1.165, 1.54) is 33.4 Å². The van der Waals surface area contributed by atoms with Gasteiger partial charge < -0.3 is 4.74 Å². The third-order valence-electron chi connectivity index (χ3n) is 5.91. The lowest BCUT2D eigenvalue weighted by Crippen LogP contribution is -2.14. The monoisotopic (exact) mass is 366 g/mol. The Morgan fingerprint density at radius 1 is 0.786 bits per heavy atom. The van der Waals surface area contributed by atoms with Gasteiger partial charge in [-0.25, -0.2) is 0 Å². The molecule has 0 fully saturated rings. The number of hydrogen-bond acceptors (Lipinski definition) is 3. The van der Waals surface area contributed by atoms with Crippen molar-refractivity contribution in [3.63, 3.8) is 0 Å². The highest BCUT2D eigenvalue weighted by Gasteiger charge is 2.35. The molecular formula is C25H22N2O. The molecule has 1 aliphatic carbocycles. The van der Waals surface area contributed by atoms with Crippen LogP contribution in [-0.2, 0) is 5.41 Å². The van der Waals surface area contributed by atoms with E-state index in [4.69, 9.17) is 4.74 Å². The normalized spacial score (nSPS) is 14.0. The molecule has 1 aliphatic rings. The Kier molecular flexibility index (Phi) is 3.57. The SMILES string of the molecule is COc1cc2cc(C)cc(-c3ccc4c(c3)C(C)(C)c3ccccc3-4)c2nn1. The Hall–Kier alpha value is -3.20. The second-order valence-electron chi connectivity index (χ2n) is 8.07. The van der Waals surface area contributed by atoms with Crippen molar-refractivity contribution in [2.75, 3.05) is 7.11 Å². The maximum atomic E-state index is 5.26. The van der Waals surface area contributed by atoms with Gasteiger partial charge in [0.05, 0.1) is 7.11 Å². The Morgan fingerprint density at radius 3 is 2.39 bits per heavy atom. The molecule has 1 aromatic heterocycles. The van der Waals surface area contributed by atoms with Gasteiger partial charge >= 0.3 is 0 Å². The fourth-order valence-electron chi connectivity index (χ4n) is 4.48. The van der Waals surface area contributed by atoms with Crippen LogP contribution >= 0.6 is 0 Å². The lowest BCUT2D eigenvalue weighted by molar-refractivity contribution is 0.393. The fraction of sp³-hybridized carbons (Fsp3) is 0.200. The first-order chi connectivity index (χ1) is 13.5. The van der Waals surface area contributed by atoms with Crippen LogP contribution in [0.4, 0.5) is 0 Å². The van der Waals surface area contributed by atoms with Gasteiger partial charge in [-0.3, -0.25) is 0 Å². The van der Waals surface area contributed by atoms with Crippen LogP contribution in [0, 0.1) is 6.92 Å². The average Bonchev–Trinajstić information content (AvgIpc) is 2.94. The highest BCUT2D eigenvalue weighted by molar-refractivity contribution is 5.95. The van der Waals surface area contributed by atoms with Crippen molar-refractivity contribution in [1.82, 2.24) is 10.2 Å². The Bertz CT molecular complexity index is 1240. The summed E-state index contributed by atoms with van der Waals surface area (Å²) in [7, 11) is 1.62. The number of hydrogen-bond donors (Lipinski definition) is 0. The predicted molar refractivity (Wildman–Crippen MR) is 114 cm³/mol. The molecule has 138 valence electrons. The molecule has 0 radical (unpaired) electrons. The number of rotatable bonds is 2. The first-order valence-electron chi connectivity index (χ1n) is 9.56. The van der Waals surface area contributed by atoms with Crippen LogP contribution in [0.25, 0.3) is 33.2 Å². The van der Waals surface area contributed by atoms with Gasteiger partial charge in [0.15, 0.2) is 0 Å². The van der Waals surface area contributed by atoms with Crippen molar-refractivity contribution in [3.05, 3.63) is 77.4 Å². The van der Waals surface area contributed by atoms with Crippen molar-refractivity contribution in [2.45, 2.75) is 26.2 Å². The second kappa shape index (κ2) is 5.90. The highest BCUT2D eigenvalue weighted by atomic mass is 16.5. The molecule has 5 rings (SSSR count). The average molecular weight is 366 g/mol. The number of aromatic nitrogens is 2. The maximum Gasteiger partial charge on any atom is 0.233 e. The molecule has 3 nitrogen and oxygen atoms in total. The molecule has 3 aromatic carbocycles. The van der Waals surface area contributed by atoms with Crippen molar-refractivity contribution in [2.24, 2.45) is 0 Å². The van der Waals surface area contributed by atoms with Crippen LogP contribution in [0.2, 0.25) is 0 Å². The molecule has 0 N–H and O–H groups in total. The highest BCUT2D eigenvalue weighted by Crippen LogP contribution is 2.49. The molecule has 0 amide bonds. The minimum absolute atomic E-state index is 0.0174. The summed E-state index contributed by atoms with van der Waals surface area (Å²) >= 11 is 0. The van der Waals surface area contributed by atoms with Gasteiger partial charge in [0.1, 0.15) is 5.52 Å². The molecule has 0 unspecified atom stereocenters. The van der Waals surface area contributed by atoms with E-state index in [9.17, 15) is 0 Å². The molecule has 0 spiro atoms. The van der Waals surface area contributed by atoms with E-state index < -0.39 is 0 Å². The number of benzene rings is 3. The molecule has 0 atom stereocenters. The minimum Gasteiger partial charge on any atom is -0.480 e. The van der Waals surface area contributed by atoms with Crippen LogP contribution in [0.1, 0.15) is 30.5 Å². The van der Waals surface area contributed by atoms with Crippen molar-refractivity contribution < 1.29 is 4.74 Å². The molecule has 0 aliphatic heterocycles. The number of methoxy groups -OCH3 is 1. The third kappa shape index (κ3) is 2.36. The largest absolute Gasteiger partial charge is 0.480 e. The van der Waals surface area contributed by atoms with Gasteiger partial charge in [-0.2, -0.15) is 0 Å². The van der Waals surface area contributed by atoms with Crippen molar-refractivity contribution in [1.29, 1.82) is 0 Å². The zero-order valence-electron chi connectivity index (χ0n) is 16.6. The molecule has 0 saturated carbocycles. The summed E-state index contributed by atoms with van der Waals surface area (Å²) < 4.78 is 5.26. The Balaban J connectivity index is 1.74. The van der Waals surface area contributed by atoms with Crippen LogP contribution in [0.15, 0.2) is 60.7 Å². The van der Waals surface area contributed by atoms with Gasteiger partial charge in [-0.15, -0.1) is 10.2 Å². The van der Waals surface area contributed by atoms with Crippen molar-refractivity contribution in [3.8, 4) is 28.1 Å². The van der Waals surface area contributed by atoms with Gasteiger partial charge in [-0.1, -0.05) is 50.2 Å². The first-order valence-corrected chi connectivity index (χ1v) is 9.56. The summed E-state index contributed by atoms with van der Waals surface area (Å²) in [4.78, 5) is 0. The van der Waals surface area contributed by atoms with Gasteiger partial charge in [0.2, 0.25) is 5.88 Å².